The summed E-state index contributed by atoms with van der Waals surface area (Å²) in [6, 6.07) is 13.6. The van der Waals surface area contributed by atoms with Crippen molar-refractivity contribution in [2.75, 3.05) is 6.61 Å². The van der Waals surface area contributed by atoms with Crippen molar-refractivity contribution < 1.29 is 9.84 Å². The molecular formula is C18H20BrNO2. The summed E-state index contributed by atoms with van der Waals surface area (Å²) in [5, 5.41) is 10.4. The van der Waals surface area contributed by atoms with Crippen molar-refractivity contribution in [2.24, 2.45) is 4.99 Å². The summed E-state index contributed by atoms with van der Waals surface area (Å²) in [5.41, 5.74) is 3.88. The Labute approximate surface area is 139 Å². The Kier molecular flexibility index (Phi) is 5.75. The monoisotopic (exact) mass is 361 g/mol. The Morgan fingerprint density at radius 1 is 1.18 bits per heavy atom. The molecule has 0 aromatic heterocycles. The number of aliphatic hydroxyl groups excluding tert-OH is 1. The van der Waals surface area contributed by atoms with E-state index in [1.807, 2.05) is 57.2 Å². The minimum absolute atomic E-state index is 0.460. The van der Waals surface area contributed by atoms with Crippen molar-refractivity contribution in [3.63, 3.8) is 0 Å². The van der Waals surface area contributed by atoms with E-state index in [1.165, 1.54) is 0 Å². The maximum atomic E-state index is 10.4. The Morgan fingerprint density at radius 2 is 1.86 bits per heavy atom. The van der Waals surface area contributed by atoms with E-state index in [1.54, 1.807) is 0 Å². The third kappa shape index (κ3) is 4.42. The number of benzene rings is 2. The predicted molar refractivity (Wildman–Crippen MR) is 93.2 cm³/mol. The first-order valence-electron chi connectivity index (χ1n) is 7.22. The number of hydrogen-bond donors (Lipinski definition) is 1. The Morgan fingerprint density at radius 3 is 2.45 bits per heavy atom. The van der Waals surface area contributed by atoms with E-state index in [0.717, 1.165) is 26.7 Å². The number of ether oxygens (including phenoxy) is 1. The average molecular weight is 362 g/mol. The third-order valence-electron chi connectivity index (χ3n) is 3.14. The van der Waals surface area contributed by atoms with Crippen LogP contribution in [0.5, 0.6) is 0 Å². The van der Waals surface area contributed by atoms with Crippen LogP contribution in [-0.2, 0) is 4.74 Å². The molecule has 0 bridgehead atoms. The molecule has 22 heavy (non-hydrogen) atoms. The molecule has 0 aliphatic rings. The molecule has 0 fully saturated rings. The van der Waals surface area contributed by atoms with Gasteiger partial charge in [-0.25, -0.2) is 4.99 Å². The third-order valence-corrected chi connectivity index (χ3v) is 3.63. The molecule has 1 N–H and O–H groups in total. The van der Waals surface area contributed by atoms with Gasteiger partial charge in [0.2, 0.25) is 5.90 Å². The molecule has 2 rings (SSSR count). The van der Waals surface area contributed by atoms with Crippen LogP contribution in [0.4, 0.5) is 0 Å². The van der Waals surface area contributed by atoms with Gasteiger partial charge in [0.15, 0.2) is 6.23 Å². The first-order chi connectivity index (χ1) is 10.5. The number of halogens is 1. The molecule has 2 aromatic carbocycles. The van der Waals surface area contributed by atoms with E-state index in [0.29, 0.717) is 12.5 Å². The molecule has 0 radical (unpaired) electrons. The predicted octanol–water partition coefficient (Wildman–Crippen LogP) is 4.54. The standard InChI is InChI=1S/C18H20BrNO2/c1-4-22-18(15-9-12(2)8-13(3)10-15)20-17(21)14-6-5-7-16(19)11-14/h5-11,17,21H,4H2,1-3H3. The van der Waals surface area contributed by atoms with Crippen molar-refractivity contribution in [3.8, 4) is 0 Å². The van der Waals surface area contributed by atoms with Crippen molar-refractivity contribution >= 4 is 21.8 Å². The SMILES string of the molecule is CCOC(=NC(O)c1cccc(Br)c1)c1cc(C)cc(C)c1. The molecule has 1 unspecified atom stereocenters. The second-order valence-electron chi connectivity index (χ2n) is 5.17. The van der Waals surface area contributed by atoms with E-state index in [-0.39, 0.29) is 0 Å². The quantitative estimate of drug-likeness (QED) is 0.641. The Bertz CT molecular complexity index is 662. The molecule has 2 aromatic rings. The van der Waals surface area contributed by atoms with Crippen LogP contribution in [0.15, 0.2) is 51.9 Å². The molecule has 0 aliphatic heterocycles. The zero-order valence-electron chi connectivity index (χ0n) is 13.0. The highest BCUT2D eigenvalue weighted by atomic mass is 79.9. The number of aliphatic hydroxyl groups is 1. The van der Waals surface area contributed by atoms with Crippen LogP contribution in [0.25, 0.3) is 0 Å². The lowest BCUT2D eigenvalue weighted by molar-refractivity contribution is 0.182. The molecular weight excluding hydrogens is 342 g/mol. The molecule has 0 saturated carbocycles. The largest absolute Gasteiger partial charge is 0.478 e. The highest BCUT2D eigenvalue weighted by molar-refractivity contribution is 9.10. The lowest BCUT2D eigenvalue weighted by Crippen LogP contribution is -2.10. The van der Waals surface area contributed by atoms with Crippen LogP contribution in [0.1, 0.15) is 35.4 Å². The summed E-state index contributed by atoms with van der Waals surface area (Å²) in [4.78, 5) is 4.36. The van der Waals surface area contributed by atoms with Crippen LogP contribution in [0, 0.1) is 13.8 Å². The van der Waals surface area contributed by atoms with E-state index in [2.05, 4.69) is 27.0 Å². The summed E-state index contributed by atoms with van der Waals surface area (Å²) in [6.07, 6.45) is -0.958. The fraction of sp³-hybridized carbons (Fsp3) is 0.278. The van der Waals surface area contributed by atoms with Crippen LogP contribution in [0.3, 0.4) is 0 Å². The van der Waals surface area contributed by atoms with Gasteiger partial charge in [0, 0.05) is 15.6 Å². The van der Waals surface area contributed by atoms with Gasteiger partial charge in [-0.05, 0) is 45.0 Å². The van der Waals surface area contributed by atoms with Gasteiger partial charge < -0.3 is 9.84 Å². The Hall–Kier alpha value is -1.65. The van der Waals surface area contributed by atoms with E-state index < -0.39 is 6.23 Å². The molecule has 0 saturated heterocycles. The fourth-order valence-electron chi connectivity index (χ4n) is 2.28. The maximum absolute atomic E-state index is 10.4. The highest BCUT2D eigenvalue weighted by Crippen LogP contribution is 2.21. The van der Waals surface area contributed by atoms with Gasteiger partial charge in [0.1, 0.15) is 0 Å². The molecule has 4 heteroatoms. The summed E-state index contributed by atoms with van der Waals surface area (Å²) in [6.45, 7) is 6.47. The number of aryl methyl sites for hydroxylation is 2. The smallest absolute Gasteiger partial charge is 0.218 e. The molecule has 116 valence electrons. The van der Waals surface area contributed by atoms with Crippen LogP contribution in [-0.4, -0.2) is 17.6 Å². The van der Waals surface area contributed by atoms with Gasteiger partial charge in [-0.2, -0.15) is 0 Å². The van der Waals surface area contributed by atoms with Crippen LogP contribution >= 0.6 is 15.9 Å². The molecule has 0 heterocycles. The number of nitrogens with zero attached hydrogens (tertiary/aromatic N) is 1. The summed E-state index contributed by atoms with van der Waals surface area (Å²) >= 11 is 3.40. The fourth-order valence-corrected chi connectivity index (χ4v) is 2.70. The van der Waals surface area contributed by atoms with E-state index in [4.69, 9.17) is 4.74 Å². The lowest BCUT2D eigenvalue weighted by Gasteiger charge is -2.13. The minimum Gasteiger partial charge on any atom is -0.478 e. The highest BCUT2D eigenvalue weighted by Gasteiger charge is 2.11. The molecule has 0 aliphatic carbocycles. The molecule has 0 amide bonds. The minimum atomic E-state index is -0.958. The van der Waals surface area contributed by atoms with Gasteiger partial charge in [-0.3, -0.25) is 0 Å². The van der Waals surface area contributed by atoms with Crippen LogP contribution < -0.4 is 0 Å². The molecule has 1 atom stereocenters. The molecule has 3 nitrogen and oxygen atoms in total. The summed E-state index contributed by atoms with van der Waals surface area (Å²) < 4.78 is 6.54. The van der Waals surface area contributed by atoms with Gasteiger partial charge in [-0.15, -0.1) is 0 Å². The van der Waals surface area contributed by atoms with Crippen LogP contribution in [0.2, 0.25) is 0 Å². The summed E-state index contributed by atoms with van der Waals surface area (Å²) in [7, 11) is 0. The zero-order valence-corrected chi connectivity index (χ0v) is 14.6. The average Bonchev–Trinajstić information content (AvgIpc) is 2.45. The van der Waals surface area contributed by atoms with Crippen molar-refractivity contribution in [1.29, 1.82) is 0 Å². The van der Waals surface area contributed by atoms with Crippen molar-refractivity contribution in [1.82, 2.24) is 0 Å². The normalized spacial score (nSPS) is 13.0. The number of aliphatic imine (C=N–C) groups is 1. The number of rotatable bonds is 4. The van der Waals surface area contributed by atoms with Gasteiger partial charge >= 0.3 is 0 Å². The van der Waals surface area contributed by atoms with Gasteiger partial charge in [-0.1, -0.05) is 45.3 Å². The number of hydrogen-bond acceptors (Lipinski definition) is 3. The summed E-state index contributed by atoms with van der Waals surface area (Å²) in [5.74, 6) is 0.460. The van der Waals surface area contributed by atoms with E-state index >= 15 is 0 Å². The second-order valence-corrected chi connectivity index (χ2v) is 6.09. The zero-order chi connectivity index (χ0) is 16.1. The first-order valence-corrected chi connectivity index (χ1v) is 8.01. The Balaban J connectivity index is 2.37. The van der Waals surface area contributed by atoms with Gasteiger partial charge in [0.05, 0.1) is 6.61 Å². The van der Waals surface area contributed by atoms with Crippen molar-refractivity contribution in [2.45, 2.75) is 27.0 Å². The maximum Gasteiger partial charge on any atom is 0.218 e. The van der Waals surface area contributed by atoms with Gasteiger partial charge in [0.25, 0.3) is 0 Å². The first kappa shape index (κ1) is 16.7. The topological polar surface area (TPSA) is 41.8 Å². The van der Waals surface area contributed by atoms with Crippen molar-refractivity contribution in [3.05, 3.63) is 69.2 Å². The van der Waals surface area contributed by atoms with E-state index in [9.17, 15) is 5.11 Å². The second kappa shape index (κ2) is 7.56. The molecule has 0 spiro atoms. The lowest BCUT2D eigenvalue weighted by atomic mass is 10.1.